The predicted molar refractivity (Wildman–Crippen MR) is 108 cm³/mol. The van der Waals surface area contributed by atoms with Gasteiger partial charge >= 0.3 is 0 Å². The Morgan fingerprint density at radius 2 is 1.37 bits per heavy atom. The highest BCUT2D eigenvalue weighted by atomic mass is 35.5. The molecule has 3 aromatic carbocycles. The maximum Gasteiger partial charge on any atom is 0.241 e. The Morgan fingerprint density at radius 3 is 1.89 bits per heavy atom. The van der Waals surface area contributed by atoms with Crippen LogP contribution in [-0.4, -0.2) is 15.5 Å². The fourth-order valence-corrected chi connectivity index (χ4v) is 4.06. The zero-order valence-corrected chi connectivity index (χ0v) is 16.6. The third-order valence-electron chi connectivity index (χ3n) is 4.26. The number of sulfonamides is 1. The molecule has 0 heterocycles. The first kappa shape index (κ1) is 19.4. The number of aryl methyl sites for hydroxylation is 1. The Bertz CT molecular complexity index is 999. The molecule has 0 amide bonds. The van der Waals surface area contributed by atoms with Crippen molar-refractivity contribution in [3.8, 4) is 5.75 Å². The topological polar surface area (TPSA) is 55.4 Å². The van der Waals surface area contributed by atoms with Crippen molar-refractivity contribution in [2.24, 2.45) is 0 Å². The lowest BCUT2D eigenvalue weighted by Gasteiger charge is -2.20. The Hall–Kier alpha value is -2.34. The molecule has 0 spiro atoms. The molecule has 4 nitrogen and oxygen atoms in total. The Morgan fingerprint density at radius 1 is 0.852 bits per heavy atom. The molecule has 6 heteroatoms. The lowest BCUT2D eigenvalue weighted by atomic mass is 10.00. The van der Waals surface area contributed by atoms with Gasteiger partial charge in [0.15, 0.2) is 0 Å². The van der Waals surface area contributed by atoms with Crippen LogP contribution in [0.1, 0.15) is 22.7 Å². The molecule has 0 radical (unpaired) electrons. The molecule has 0 aromatic heterocycles. The third kappa shape index (κ3) is 4.69. The van der Waals surface area contributed by atoms with Gasteiger partial charge in [0, 0.05) is 5.02 Å². The molecule has 0 bridgehead atoms. The van der Waals surface area contributed by atoms with E-state index in [4.69, 9.17) is 16.3 Å². The van der Waals surface area contributed by atoms with Gasteiger partial charge in [-0.25, -0.2) is 8.42 Å². The number of hydrogen-bond donors (Lipinski definition) is 1. The minimum atomic E-state index is -3.71. The van der Waals surface area contributed by atoms with E-state index >= 15 is 0 Å². The zero-order valence-electron chi connectivity index (χ0n) is 15.0. The van der Waals surface area contributed by atoms with Crippen molar-refractivity contribution >= 4 is 21.6 Å². The molecule has 1 atom stereocenters. The van der Waals surface area contributed by atoms with Crippen LogP contribution in [0.5, 0.6) is 5.75 Å². The Kier molecular flexibility index (Phi) is 5.85. The van der Waals surface area contributed by atoms with E-state index in [1.807, 2.05) is 31.2 Å². The molecule has 0 aliphatic heterocycles. The average molecular weight is 402 g/mol. The second kappa shape index (κ2) is 8.13. The SMILES string of the molecule is COc1ccc([C@@H](NS(=O)(=O)c2ccc(C)cc2)c2ccc(Cl)cc2)cc1. The number of nitrogens with one attached hydrogen (secondary N) is 1. The van der Waals surface area contributed by atoms with Crippen LogP contribution in [0.15, 0.2) is 77.7 Å². The minimum Gasteiger partial charge on any atom is -0.497 e. The fraction of sp³-hybridized carbons (Fsp3) is 0.143. The summed E-state index contributed by atoms with van der Waals surface area (Å²) in [6.45, 7) is 1.91. The summed E-state index contributed by atoms with van der Waals surface area (Å²) in [5.74, 6) is 0.704. The van der Waals surface area contributed by atoms with Gasteiger partial charge in [-0.3, -0.25) is 0 Å². The maximum absolute atomic E-state index is 12.9. The molecule has 0 saturated heterocycles. The molecule has 0 saturated carbocycles. The van der Waals surface area contributed by atoms with E-state index in [2.05, 4.69) is 4.72 Å². The minimum absolute atomic E-state index is 0.223. The first-order valence-electron chi connectivity index (χ1n) is 8.37. The summed E-state index contributed by atoms with van der Waals surface area (Å²) in [7, 11) is -2.12. The summed E-state index contributed by atoms with van der Waals surface area (Å²) in [4.78, 5) is 0.223. The normalized spacial score (nSPS) is 12.6. The molecular formula is C21H20ClNO3S. The van der Waals surface area contributed by atoms with E-state index in [1.165, 1.54) is 0 Å². The van der Waals surface area contributed by atoms with Crippen molar-refractivity contribution in [3.63, 3.8) is 0 Å². The van der Waals surface area contributed by atoms with Crippen LogP contribution >= 0.6 is 11.6 Å². The lowest BCUT2D eigenvalue weighted by Crippen LogP contribution is -2.29. The quantitative estimate of drug-likeness (QED) is 0.649. The van der Waals surface area contributed by atoms with Crippen LogP contribution in [0, 0.1) is 6.92 Å². The number of benzene rings is 3. The lowest BCUT2D eigenvalue weighted by molar-refractivity contribution is 0.414. The van der Waals surface area contributed by atoms with Crippen molar-refractivity contribution in [3.05, 3.63) is 94.5 Å². The fourth-order valence-electron chi connectivity index (χ4n) is 2.72. The van der Waals surface area contributed by atoms with Crippen molar-refractivity contribution in [2.75, 3.05) is 7.11 Å². The third-order valence-corrected chi connectivity index (χ3v) is 5.95. The second-order valence-electron chi connectivity index (χ2n) is 6.19. The van der Waals surface area contributed by atoms with Crippen molar-refractivity contribution in [1.82, 2.24) is 4.72 Å². The van der Waals surface area contributed by atoms with Gasteiger partial charge in [0.05, 0.1) is 18.0 Å². The molecule has 27 heavy (non-hydrogen) atoms. The zero-order chi connectivity index (χ0) is 19.4. The van der Waals surface area contributed by atoms with Gasteiger partial charge in [-0.15, -0.1) is 0 Å². The highest BCUT2D eigenvalue weighted by Crippen LogP contribution is 2.27. The number of ether oxygens (including phenoxy) is 1. The Labute approximate surface area is 164 Å². The van der Waals surface area contributed by atoms with E-state index in [-0.39, 0.29) is 4.90 Å². The number of methoxy groups -OCH3 is 1. The first-order valence-corrected chi connectivity index (χ1v) is 10.2. The van der Waals surface area contributed by atoms with Crippen LogP contribution in [0.25, 0.3) is 0 Å². The summed E-state index contributed by atoms with van der Waals surface area (Å²) < 4.78 is 33.9. The monoisotopic (exact) mass is 401 g/mol. The smallest absolute Gasteiger partial charge is 0.241 e. The molecular weight excluding hydrogens is 382 g/mol. The van der Waals surface area contributed by atoms with Gasteiger partial charge in [0.2, 0.25) is 10.0 Å². The molecule has 0 aliphatic carbocycles. The molecule has 0 aliphatic rings. The predicted octanol–water partition coefficient (Wildman–Crippen LogP) is 4.72. The molecule has 140 valence electrons. The summed E-state index contributed by atoms with van der Waals surface area (Å²) in [5, 5.41) is 0.591. The number of hydrogen-bond acceptors (Lipinski definition) is 3. The van der Waals surface area contributed by atoms with E-state index in [0.717, 1.165) is 16.7 Å². The summed E-state index contributed by atoms with van der Waals surface area (Å²) >= 11 is 5.99. The largest absolute Gasteiger partial charge is 0.497 e. The number of rotatable bonds is 6. The van der Waals surface area contributed by atoms with Gasteiger partial charge < -0.3 is 4.74 Å². The van der Waals surface area contributed by atoms with E-state index in [1.54, 1.807) is 55.6 Å². The van der Waals surface area contributed by atoms with Gasteiger partial charge in [0.25, 0.3) is 0 Å². The van der Waals surface area contributed by atoms with E-state index < -0.39 is 16.1 Å². The summed E-state index contributed by atoms with van der Waals surface area (Å²) in [6, 6.07) is 20.6. The van der Waals surface area contributed by atoms with E-state index in [9.17, 15) is 8.42 Å². The van der Waals surface area contributed by atoms with Crippen LogP contribution < -0.4 is 9.46 Å². The summed E-state index contributed by atoms with van der Waals surface area (Å²) in [5.41, 5.74) is 2.59. The van der Waals surface area contributed by atoms with Gasteiger partial charge in [-0.05, 0) is 54.4 Å². The highest BCUT2D eigenvalue weighted by Gasteiger charge is 2.23. The average Bonchev–Trinajstić information content (AvgIpc) is 2.67. The van der Waals surface area contributed by atoms with Crippen LogP contribution in [0.4, 0.5) is 0 Å². The van der Waals surface area contributed by atoms with Crippen molar-refractivity contribution < 1.29 is 13.2 Å². The highest BCUT2D eigenvalue weighted by molar-refractivity contribution is 7.89. The van der Waals surface area contributed by atoms with Crippen molar-refractivity contribution in [1.29, 1.82) is 0 Å². The van der Waals surface area contributed by atoms with E-state index in [0.29, 0.717) is 10.8 Å². The van der Waals surface area contributed by atoms with Gasteiger partial charge in [-0.1, -0.05) is 53.6 Å². The molecule has 0 unspecified atom stereocenters. The molecule has 1 N–H and O–H groups in total. The number of halogens is 1. The van der Waals surface area contributed by atoms with Crippen molar-refractivity contribution in [2.45, 2.75) is 17.9 Å². The van der Waals surface area contributed by atoms with Gasteiger partial charge in [-0.2, -0.15) is 4.72 Å². The standard InChI is InChI=1S/C21H20ClNO3S/c1-15-3-13-20(14-4-15)27(24,25)23-21(16-5-9-18(22)10-6-16)17-7-11-19(26-2)12-8-17/h3-14,21,23H,1-2H3/t21-/m0/s1. The maximum atomic E-state index is 12.9. The van der Waals surface area contributed by atoms with Crippen LogP contribution in [0.2, 0.25) is 5.02 Å². The van der Waals surface area contributed by atoms with Crippen LogP contribution in [-0.2, 0) is 10.0 Å². The molecule has 3 rings (SSSR count). The van der Waals surface area contributed by atoms with Gasteiger partial charge in [0.1, 0.15) is 5.75 Å². The Balaban J connectivity index is 2.00. The second-order valence-corrected chi connectivity index (χ2v) is 8.34. The van der Waals surface area contributed by atoms with Crippen LogP contribution in [0.3, 0.4) is 0 Å². The first-order chi connectivity index (χ1) is 12.9. The molecule has 0 fully saturated rings. The molecule has 3 aromatic rings. The summed E-state index contributed by atoms with van der Waals surface area (Å²) in [6.07, 6.45) is 0.